The van der Waals surface area contributed by atoms with Crippen molar-refractivity contribution in [2.24, 2.45) is 7.05 Å². The minimum atomic E-state index is -0.140. The van der Waals surface area contributed by atoms with Gasteiger partial charge in [-0.3, -0.25) is 9.59 Å². The van der Waals surface area contributed by atoms with Crippen LogP contribution in [0.3, 0.4) is 0 Å². The zero-order valence-electron chi connectivity index (χ0n) is 12.7. The highest BCUT2D eigenvalue weighted by molar-refractivity contribution is 5.86. The van der Waals surface area contributed by atoms with Gasteiger partial charge in [-0.2, -0.15) is 0 Å². The lowest BCUT2D eigenvalue weighted by atomic mass is 10.1. The summed E-state index contributed by atoms with van der Waals surface area (Å²) in [6.45, 7) is 1.59. The number of ether oxygens (including phenoxy) is 1. The average Bonchev–Trinajstić information content (AvgIpc) is 2.57. The number of pyridine rings is 1. The van der Waals surface area contributed by atoms with Gasteiger partial charge in [0.25, 0.3) is 11.5 Å². The number of carbonyl (C=O) groups excluding carboxylic acids is 1. The number of fused-ring (bicyclic) bond motifs is 1. The standard InChI is InChI=1S/C17H20N2O3/c1-18-14-8-4-3-7-13(14)15(11-16(18)20)22-12-17(21)19-9-5-2-6-10-19/h3-4,7-8,11H,2,5-6,9-10,12H2,1H3. The van der Waals surface area contributed by atoms with Crippen LogP contribution < -0.4 is 10.3 Å². The molecule has 0 atom stereocenters. The molecule has 1 fully saturated rings. The summed E-state index contributed by atoms with van der Waals surface area (Å²) in [5, 5.41) is 0.844. The number of aryl methyl sites for hydroxylation is 1. The number of hydrogen-bond acceptors (Lipinski definition) is 3. The fourth-order valence-electron chi connectivity index (χ4n) is 2.87. The Morgan fingerprint density at radius 2 is 1.91 bits per heavy atom. The first-order chi connectivity index (χ1) is 10.7. The minimum Gasteiger partial charge on any atom is -0.483 e. The quantitative estimate of drug-likeness (QED) is 0.870. The smallest absolute Gasteiger partial charge is 0.260 e. The van der Waals surface area contributed by atoms with Crippen LogP contribution >= 0.6 is 0 Å². The summed E-state index contributed by atoms with van der Waals surface area (Å²) < 4.78 is 7.24. The van der Waals surface area contributed by atoms with E-state index in [2.05, 4.69) is 0 Å². The molecule has 0 saturated carbocycles. The lowest BCUT2D eigenvalue weighted by molar-refractivity contribution is -0.134. The highest BCUT2D eigenvalue weighted by Crippen LogP contribution is 2.23. The van der Waals surface area contributed by atoms with Crippen LogP contribution in [0.2, 0.25) is 0 Å². The molecule has 0 bridgehead atoms. The Labute approximate surface area is 129 Å². The molecule has 0 unspecified atom stereocenters. The number of rotatable bonds is 3. The van der Waals surface area contributed by atoms with Gasteiger partial charge in [0.1, 0.15) is 5.75 Å². The average molecular weight is 300 g/mol. The molecule has 5 heteroatoms. The van der Waals surface area contributed by atoms with Crippen LogP contribution in [0.15, 0.2) is 35.1 Å². The van der Waals surface area contributed by atoms with Crippen LogP contribution in [0.4, 0.5) is 0 Å². The zero-order chi connectivity index (χ0) is 15.5. The molecule has 1 aromatic heterocycles. The summed E-state index contributed by atoms with van der Waals surface area (Å²) in [5.41, 5.74) is 0.662. The first-order valence-corrected chi connectivity index (χ1v) is 7.66. The van der Waals surface area contributed by atoms with Gasteiger partial charge in [0.2, 0.25) is 0 Å². The number of aromatic nitrogens is 1. The van der Waals surface area contributed by atoms with Crippen molar-refractivity contribution in [1.29, 1.82) is 0 Å². The molecule has 0 N–H and O–H groups in total. The SMILES string of the molecule is Cn1c(=O)cc(OCC(=O)N2CCCCC2)c2ccccc21. The third-order valence-electron chi connectivity index (χ3n) is 4.18. The molecule has 2 heterocycles. The van der Waals surface area contributed by atoms with Crippen LogP contribution in [-0.4, -0.2) is 35.1 Å². The molecular formula is C17H20N2O3. The monoisotopic (exact) mass is 300 g/mol. The molecule has 1 aliphatic heterocycles. The van der Waals surface area contributed by atoms with Crippen molar-refractivity contribution >= 4 is 16.8 Å². The second-order valence-corrected chi connectivity index (χ2v) is 5.65. The van der Waals surface area contributed by atoms with E-state index in [9.17, 15) is 9.59 Å². The second kappa shape index (κ2) is 6.22. The van der Waals surface area contributed by atoms with E-state index in [-0.39, 0.29) is 18.1 Å². The molecule has 1 saturated heterocycles. The molecule has 22 heavy (non-hydrogen) atoms. The molecule has 0 radical (unpaired) electrons. The van der Waals surface area contributed by atoms with Crippen molar-refractivity contribution in [1.82, 2.24) is 9.47 Å². The van der Waals surface area contributed by atoms with Crippen molar-refractivity contribution in [2.45, 2.75) is 19.3 Å². The van der Waals surface area contributed by atoms with Crippen LogP contribution in [0, 0.1) is 0 Å². The van der Waals surface area contributed by atoms with E-state index >= 15 is 0 Å². The molecule has 5 nitrogen and oxygen atoms in total. The van der Waals surface area contributed by atoms with Gasteiger partial charge in [0.15, 0.2) is 6.61 Å². The number of para-hydroxylation sites is 1. The van der Waals surface area contributed by atoms with Crippen molar-refractivity contribution in [3.63, 3.8) is 0 Å². The Hall–Kier alpha value is -2.30. The summed E-state index contributed by atoms with van der Waals surface area (Å²) in [6, 6.07) is 8.99. The normalized spacial score (nSPS) is 15.0. The second-order valence-electron chi connectivity index (χ2n) is 5.65. The highest BCUT2D eigenvalue weighted by atomic mass is 16.5. The van der Waals surface area contributed by atoms with Gasteiger partial charge in [-0.1, -0.05) is 12.1 Å². The largest absolute Gasteiger partial charge is 0.483 e. The van der Waals surface area contributed by atoms with Gasteiger partial charge in [0, 0.05) is 31.6 Å². The zero-order valence-corrected chi connectivity index (χ0v) is 12.7. The van der Waals surface area contributed by atoms with E-state index < -0.39 is 0 Å². The number of nitrogens with zero attached hydrogens (tertiary/aromatic N) is 2. The first kappa shape index (κ1) is 14.6. The predicted octanol–water partition coefficient (Wildman–Crippen LogP) is 1.93. The fourth-order valence-corrected chi connectivity index (χ4v) is 2.87. The summed E-state index contributed by atoms with van der Waals surface area (Å²) in [5.74, 6) is 0.466. The van der Waals surface area contributed by atoms with Crippen LogP contribution in [-0.2, 0) is 11.8 Å². The number of benzene rings is 1. The Morgan fingerprint density at radius 1 is 1.18 bits per heavy atom. The summed E-state index contributed by atoms with van der Waals surface area (Å²) in [6.07, 6.45) is 3.30. The lowest BCUT2D eigenvalue weighted by Crippen LogP contribution is -2.38. The number of carbonyl (C=O) groups is 1. The van der Waals surface area contributed by atoms with Gasteiger partial charge < -0.3 is 14.2 Å². The lowest BCUT2D eigenvalue weighted by Gasteiger charge is -2.26. The van der Waals surface area contributed by atoms with Crippen LogP contribution in [0.25, 0.3) is 10.9 Å². The number of amides is 1. The van der Waals surface area contributed by atoms with E-state index in [1.807, 2.05) is 29.2 Å². The number of piperidine rings is 1. The van der Waals surface area contributed by atoms with Gasteiger partial charge in [-0.05, 0) is 31.4 Å². The molecule has 1 aromatic carbocycles. The first-order valence-electron chi connectivity index (χ1n) is 7.66. The summed E-state index contributed by atoms with van der Waals surface area (Å²) in [7, 11) is 1.73. The van der Waals surface area contributed by atoms with E-state index in [1.165, 1.54) is 12.5 Å². The van der Waals surface area contributed by atoms with Crippen molar-refractivity contribution in [3.8, 4) is 5.75 Å². The van der Waals surface area contributed by atoms with Crippen molar-refractivity contribution in [3.05, 3.63) is 40.7 Å². The summed E-state index contributed by atoms with van der Waals surface area (Å²) in [4.78, 5) is 26.0. The topological polar surface area (TPSA) is 51.5 Å². The molecule has 3 rings (SSSR count). The minimum absolute atomic E-state index is 0.00976. The van der Waals surface area contributed by atoms with E-state index in [4.69, 9.17) is 4.74 Å². The van der Waals surface area contributed by atoms with E-state index in [1.54, 1.807) is 11.6 Å². The van der Waals surface area contributed by atoms with Gasteiger partial charge in [-0.15, -0.1) is 0 Å². The maximum absolute atomic E-state index is 12.2. The molecule has 0 aliphatic carbocycles. The maximum Gasteiger partial charge on any atom is 0.260 e. The molecule has 116 valence electrons. The third-order valence-corrected chi connectivity index (χ3v) is 4.18. The van der Waals surface area contributed by atoms with E-state index in [0.717, 1.165) is 36.8 Å². The van der Waals surface area contributed by atoms with Gasteiger partial charge >= 0.3 is 0 Å². The van der Waals surface area contributed by atoms with Gasteiger partial charge in [0.05, 0.1) is 5.52 Å². The highest BCUT2D eigenvalue weighted by Gasteiger charge is 2.17. The number of likely N-dealkylation sites (tertiary alicyclic amines) is 1. The van der Waals surface area contributed by atoms with Gasteiger partial charge in [-0.25, -0.2) is 0 Å². The molecular weight excluding hydrogens is 280 g/mol. The Balaban J connectivity index is 1.80. The van der Waals surface area contributed by atoms with E-state index in [0.29, 0.717) is 5.75 Å². The van der Waals surface area contributed by atoms with Crippen molar-refractivity contribution < 1.29 is 9.53 Å². The molecule has 1 aliphatic rings. The van der Waals surface area contributed by atoms with Crippen LogP contribution in [0.5, 0.6) is 5.75 Å². The summed E-state index contributed by atoms with van der Waals surface area (Å²) >= 11 is 0. The Bertz CT molecular complexity index is 745. The van der Waals surface area contributed by atoms with Crippen LogP contribution in [0.1, 0.15) is 19.3 Å². The Morgan fingerprint density at radius 3 is 2.68 bits per heavy atom. The maximum atomic E-state index is 12.2. The number of hydrogen-bond donors (Lipinski definition) is 0. The molecule has 0 spiro atoms. The Kier molecular flexibility index (Phi) is 4.13. The molecule has 2 aromatic rings. The van der Waals surface area contributed by atoms with Crippen molar-refractivity contribution in [2.75, 3.05) is 19.7 Å². The third kappa shape index (κ3) is 2.84. The predicted molar refractivity (Wildman–Crippen MR) is 85.1 cm³/mol. The molecule has 1 amide bonds. The fraction of sp³-hybridized carbons (Fsp3) is 0.412.